The predicted molar refractivity (Wildman–Crippen MR) is 123 cm³/mol. The van der Waals surface area contributed by atoms with Crippen LogP contribution in [0.5, 0.6) is 17.2 Å². The Hall–Kier alpha value is -3.08. The van der Waals surface area contributed by atoms with Gasteiger partial charge in [0.2, 0.25) is 0 Å². The van der Waals surface area contributed by atoms with Gasteiger partial charge in [-0.1, -0.05) is 0 Å². The lowest BCUT2D eigenvalue weighted by atomic mass is 10.2. The number of rotatable bonds is 11. The van der Waals surface area contributed by atoms with Crippen LogP contribution in [0.25, 0.3) is 0 Å². The molecule has 9 N–H and O–H groups in total. The molecule has 0 aromatic heterocycles. The number of nitrogens with one attached hydrogen (secondary N) is 2. The average Bonchev–Trinajstić information content (AvgIpc) is 2.77. The van der Waals surface area contributed by atoms with E-state index in [0.29, 0.717) is 41.7 Å². The van der Waals surface area contributed by atoms with Crippen LogP contribution in [-0.2, 0) is 0 Å². The Labute approximate surface area is 182 Å². The first-order chi connectivity index (χ1) is 14.9. The van der Waals surface area contributed by atoms with Crippen LogP contribution in [-0.4, -0.2) is 69.1 Å². The number of aliphatic hydroxyl groups excluding tert-OH is 3. The maximum atomic E-state index is 8.83. The summed E-state index contributed by atoms with van der Waals surface area (Å²) in [5, 5.41) is 32.3. The van der Waals surface area contributed by atoms with Crippen LogP contribution >= 0.6 is 0 Å². The van der Waals surface area contributed by atoms with Crippen molar-refractivity contribution >= 4 is 22.7 Å². The predicted octanol–water partition coefficient (Wildman–Crippen LogP) is 1.04. The number of hydrogen-bond donors (Lipinski definition) is 7. The number of aliphatic hydroxyl groups is 3. The van der Waals surface area contributed by atoms with Gasteiger partial charge < -0.3 is 51.6 Å². The van der Waals surface area contributed by atoms with Gasteiger partial charge in [0.05, 0.1) is 51.1 Å². The zero-order chi connectivity index (χ0) is 23.2. The zero-order valence-electron chi connectivity index (χ0n) is 18.3. The van der Waals surface area contributed by atoms with E-state index in [0.717, 1.165) is 16.9 Å². The summed E-state index contributed by atoms with van der Waals surface area (Å²) in [5.41, 5.74) is 14.9. The number of hydrogen-bond acceptors (Lipinski definition) is 10. The van der Waals surface area contributed by atoms with Crippen LogP contribution in [0.2, 0.25) is 0 Å². The van der Waals surface area contributed by atoms with Gasteiger partial charge >= 0.3 is 0 Å². The Balaban J connectivity index is 0.000000327. The molecule has 0 atom stereocenters. The van der Waals surface area contributed by atoms with Crippen molar-refractivity contribution in [3.8, 4) is 17.2 Å². The minimum atomic E-state index is -0.0249. The second-order valence-corrected chi connectivity index (χ2v) is 6.37. The van der Waals surface area contributed by atoms with Crippen molar-refractivity contribution in [2.24, 2.45) is 0 Å². The first-order valence-electron chi connectivity index (χ1n) is 9.76. The summed E-state index contributed by atoms with van der Waals surface area (Å²) < 4.78 is 15.7. The highest BCUT2D eigenvalue weighted by Gasteiger charge is 2.10. The smallest absolute Gasteiger partial charge is 0.145 e. The quantitative estimate of drug-likeness (QED) is 0.252. The van der Waals surface area contributed by atoms with Crippen molar-refractivity contribution in [3.63, 3.8) is 0 Å². The summed E-state index contributed by atoms with van der Waals surface area (Å²) in [6.45, 7) is 3.03. The molecule has 0 aliphatic carbocycles. The van der Waals surface area contributed by atoms with Crippen LogP contribution in [0.15, 0.2) is 24.3 Å². The number of aryl methyl sites for hydroxylation is 1. The molecule has 174 valence electrons. The van der Waals surface area contributed by atoms with Gasteiger partial charge in [0.1, 0.15) is 23.9 Å². The van der Waals surface area contributed by atoms with Gasteiger partial charge in [-0.25, -0.2) is 0 Å². The summed E-state index contributed by atoms with van der Waals surface area (Å²) in [5.74, 6) is 1.84. The van der Waals surface area contributed by atoms with E-state index in [1.807, 2.05) is 13.0 Å². The van der Waals surface area contributed by atoms with Crippen LogP contribution in [0.4, 0.5) is 22.7 Å². The molecule has 0 spiro atoms. The maximum absolute atomic E-state index is 8.83. The van der Waals surface area contributed by atoms with E-state index in [-0.39, 0.29) is 26.4 Å². The van der Waals surface area contributed by atoms with Crippen molar-refractivity contribution in [2.75, 3.05) is 75.8 Å². The standard InChI is InChI=1S/C12H20N2O4.C9H14N2O2/c1-17-11-8-12(18-2)10(14-4-6-16)7-9(11)13-3-5-15;1-6-4-9(13-3-2-12)8(11)5-7(6)10/h7-8,13-16H,3-6H2,1-2H3;4-5,12H,2-3,10-11H2,1H3. The lowest BCUT2D eigenvalue weighted by Crippen LogP contribution is -2.10. The molecule has 31 heavy (non-hydrogen) atoms. The molecule has 0 fully saturated rings. The molecule has 0 unspecified atom stereocenters. The summed E-state index contributed by atoms with van der Waals surface area (Å²) >= 11 is 0. The Bertz CT molecular complexity index is 773. The van der Waals surface area contributed by atoms with Gasteiger partial charge in [0.25, 0.3) is 0 Å². The molecule has 0 aliphatic rings. The molecule has 0 bridgehead atoms. The second kappa shape index (κ2) is 14.0. The molecule has 0 saturated heterocycles. The third-order valence-electron chi connectivity index (χ3n) is 4.12. The Kier molecular flexibility index (Phi) is 11.7. The topological polar surface area (TPSA) is 164 Å². The fraction of sp³-hybridized carbons (Fsp3) is 0.429. The third kappa shape index (κ3) is 8.28. The summed E-state index contributed by atoms with van der Waals surface area (Å²) in [7, 11) is 3.14. The van der Waals surface area contributed by atoms with Crippen LogP contribution < -0.4 is 36.3 Å². The van der Waals surface area contributed by atoms with Crippen molar-refractivity contribution in [3.05, 3.63) is 29.8 Å². The fourth-order valence-electron chi connectivity index (χ4n) is 2.55. The van der Waals surface area contributed by atoms with Crippen molar-refractivity contribution in [1.82, 2.24) is 0 Å². The first kappa shape index (κ1) is 26.0. The molecule has 0 aliphatic heterocycles. The third-order valence-corrected chi connectivity index (χ3v) is 4.12. The van der Waals surface area contributed by atoms with E-state index < -0.39 is 0 Å². The summed E-state index contributed by atoms with van der Waals surface area (Å²) in [6.07, 6.45) is 0. The van der Waals surface area contributed by atoms with Gasteiger partial charge in [-0.05, 0) is 30.7 Å². The SMILES string of the molecule is COc1cc(OC)c(NCCO)cc1NCCO.Cc1cc(OCCO)c(N)cc1N. The highest BCUT2D eigenvalue weighted by Crippen LogP contribution is 2.36. The number of ether oxygens (including phenoxy) is 3. The Morgan fingerprint density at radius 3 is 1.74 bits per heavy atom. The molecule has 0 radical (unpaired) electrons. The summed E-state index contributed by atoms with van der Waals surface area (Å²) in [4.78, 5) is 0. The van der Waals surface area contributed by atoms with E-state index in [4.69, 9.17) is 41.0 Å². The van der Waals surface area contributed by atoms with Gasteiger partial charge in [-0.3, -0.25) is 0 Å². The van der Waals surface area contributed by atoms with E-state index in [2.05, 4.69) is 10.6 Å². The number of nitrogen functional groups attached to an aromatic ring is 2. The van der Waals surface area contributed by atoms with Crippen molar-refractivity contribution in [1.29, 1.82) is 0 Å². The lowest BCUT2D eigenvalue weighted by molar-refractivity contribution is 0.202. The second-order valence-electron chi connectivity index (χ2n) is 6.37. The molecular weight excluding hydrogens is 404 g/mol. The molecule has 2 aromatic rings. The van der Waals surface area contributed by atoms with Crippen LogP contribution in [0.3, 0.4) is 0 Å². The molecule has 0 saturated carbocycles. The van der Waals surface area contributed by atoms with Gasteiger partial charge in [-0.2, -0.15) is 0 Å². The lowest BCUT2D eigenvalue weighted by Gasteiger charge is -2.16. The molecule has 0 amide bonds. The Morgan fingerprint density at radius 2 is 1.29 bits per heavy atom. The zero-order valence-corrected chi connectivity index (χ0v) is 18.3. The van der Waals surface area contributed by atoms with Crippen LogP contribution in [0, 0.1) is 6.92 Å². The number of benzene rings is 2. The number of nitrogens with two attached hydrogens (primary N) is 2. The van der Waals surface area contributed by atoms with Crippen LogP contribution in [0.1, 0.15) is 5.56 Å². The molecule has 2 aromatic carbocycles. The van der Waals surface area contributed by atoms with Crippen molar-refractivity contribution in [2.45, 2.75) is 6.92 Å². The molecule has 0 heterocycles. The molecule has 10 nitrogen and oxygen atoms in total. The minimum absolute atomic E-state index is 0.0249. The summed E-state index contributed by atoms with van der Waals surface area (Å²) in [6, 6.07) is 6.99. The largest absolute Gasteiger partial charge is 0.494 e. The first-order valence-corrected chi connectivity index (χ1v) is 9.76. The van der Waals surface area contributed by atoms with Crippen molar-refractivity contribution < 1.29 is 29.5 Å². The van der Waals surface area contributed by atoms with E-state index in [1.54, 1.807) is 32.4 Å². The normalized spacial score (nSPS) is 10.0. The highest BCUT2D eigenvalue weighted by atomic mass is 16.5. The number of methoxy groups -OCH3 is 2. The van der Waals surface area contributed by atoms with E-state index in [9.17, 15) is 0 Å². The minimum Gasteiger partial charge on any atom is -0.494 e. The van der Waals surface area contributed by atoms with E-state index >= 15 is 0 Å². The van der Waals surface area contributed by atoms with Gasteiger partial charge in [0.15, 0.2) is 0 Å². The fourth-order valence-corrected chi connectivity index (χ4v) is 2.55. The Morgan fingerprint density at radius 1 is 0.742 bits per heavy atom. The molecule has 2 rings (SSSR count). The molecule has 10 heteroatoms. The molecular formula is C21H34N4O6. The monoisotopic (exact) mass is 438 g/mol. The van der Waals surface area contributed by atoms with E-state index in [1.165, 1.54) is 0 Å². The number of anilines is 4. The maximum Gasteiger partial charge on any atom is 0.145 e. The van der Waals surface area contributed by atoms with Gasteiger partial charge in [-0.15, -0.1) is 0 Å². The average molecular weight is 439 g/mol. The van der Waals surface area contributed by atoms with Gasteiger partial charge in [0, 0.05) is 24.8 Å². The highest BCUT2D eigenvalue weighted by molar-refractivity contribution is 5.71.